The Morgan fingerprint density at radius 2 is 2.07 bits per heavy atom. The summed E-state index contributed by atoms with van der Waals surface area (Å²) in [6.45, 7) is 0.305. The molecule has 2 aromatic rings. The standard InChI is InChI=1S/C11H10N2OS/c12-11-13(6-7-15-11)8-10(14)9-4-2-1-3-5-9/h1-7,12H,8H2/p+1. The van der Waals surface area contributed by atoms with Gasteiger partial charge in [-0.15, -0.1) is 0 Å². The van der Waals surface area contributed by atoms with Crippen molar-refractivity contribution in [2.45, 2.75) is 6.54 Å². The smallest absolute Gasteiger partial charge is 0.290 e. The Morgan fingerprint density at radius 1 is 1.33 bits per heavy atom. The van der Waals surface area contributed by atoms with E-state index in [4.69, 9.17) is 5.73 Å². The number of carbonyl (C=O) groups excluding carboxylic acids is 1. The first kappa shape index (κ1) is 9.86. The largest absolute Gasteiger partial charge is 0.332 e. The molecule has 4 heteroatoms. The zero-order valence-electron chi connectivity index (χ0n) is 8.09. The van der Waals surface area contributed by atoms with Crippen LogP contribution in [0.15, 0.2) is 41.9 Å². The Morgan fingerprint density at radius 3 is 2.67 bits per heavy atom. The van der Waals surface area contributed by atoms with Crippen LogP contribution in [0.2, 0.25) is 0 Å². The number of hydrogen-bond donors (Lipinski definition) is 1. The summed E-state index contributed by atoms with van der Waals surface area (Å²) >= 11 is 1.43. The monoisotopic (exact) mass is 219 g/mol. The summed E-state index contributed by atoms with van der Waals surface area (Å²) in [6, 6.07) is 9.23. The highest BCUT2D eigenvalue weighted by molar-refractivity contribution is 7.12. The number of Topliss-reactive ketones (excluding diaryl/α,β-unsaturated/α-hetero) is 1. The van der Waals surface area contributed by atoms with Crippen molar-refractivity contribution >= 4 is 22.3 Å². The van der Waals surface area contributed by atoms with Crippen LogP contribution >= 0.6 is 11.3 Å². The first-order chi connectivity index (χ1) is 7.27. The number of nitrogens with two attached hydrogens (primary N) is 1. The van der Waals surface area contributed by atoms with Crippen molar-refractivity contribution in [3.8, 4) is 0 Å². The van der Waals surface area contributed by atoms with E-state index < -0.39 is 0 Å². The average Bonchev–Trinajstić information content (AvgIpc) is 2.66. The van der Waals surface area contributed by atoms with Crippen LogP contribution in [0.25, 0.3) is 0 Å². The SMILES string of the molecule is Nc1scc[n+]1CC(=O)c1ccccc1. The van der Waals surface area contributed by atoms with E-state index in [1.807, 2.05) is 41.9 Å². The molecular weight excluding hydrogens is 208 g/mol. The Hall–Kier alpha value is -1.68. The predicted octanol–water partition coefficient (Wildman–Crippen LogP) is 1.50. The number of ketones is 1. The molecule has 0 unspecified atom stereocenters. The van der Waals surface area contributed by atoms with Crippen LogP contribution in [-0.2, 0) is 6.54 Å². The third-order valence-electron chi connectivity index (χ3n) is 2.12. The lowest BCUT2D eigenvalue weighted by atomic mass is 10.1. The predicted molar refractivity (Wildman–Crippen MR) is 59.7 cm³/mol. The molecule has 1 heterocycles. The number of aromatic nitrogens is 1. The molecule has 0 aliphatic carbocycles. The second-order valence-electron chi connectivity index (χ2n) is 3.16. The fourth-order valence-electron chi connectivity index (χ4n) is 1.32. The van der Waals surface area contributed by atoms with Crippen LogP contribution in [0, 0.1) is 0 Å². The van der Waals surface area contributed by atoms with Gasteiger partial charge in [0.25, 0.3) is 0 Å². The van der Waals surface area contributed by atoms with Crippen molar-refractivity contribution in [3.63, 3.8) is 0 Å². The molecule has 2 N–H and O–H groups in total. The molecule has 0 saturated carbocycles. The summed E-state index contributed by atoms with van der Waals surface area (Å²) in [5.41, 5.74) is 6.41. The van der Waals surface area contributed by atoms with Crippen molar-refractivity contribution in [1.29, 1.82) is 0 Å². The molecule has 0 amide bonds. The molecule has 0 bridgehead atoms. The van der Waals surface area contributed by atoms with E-state index in [0.29, 0.717) is 11.7 Å². The number of nitrogens with zero attached hydrogens (tertiary/aromatic N) is 1. The highest BCUT2D eigenvalue weighted by Gasteiger charge is 2.12. The summed E-state index contributed by atoms with van der Waals surface area (Å²) < 4.78 is 1.75. The maximum atomic E-state index is 11.8. The lowest BCUT2D eigenvalue weighted by Crippen LogP contribution is -2.38. The molecule has 15 heavy (non-hydrogen) atoms. The van der Waals surface area contributed by atoms with Gasteiger partial charge in [0.1, 0.15) is 6.20 Å². The molecule has 1 aromatic heterocycles. The molecule has 3 nitrogen and oxygen atoms in total. The fourth-order valence-corrected chi connectivity index (χ4v) is 1.92. The molecule has 0 saturated heterocycles. The van der Waals surface area contributed by atoms with Gasteiger partial charge in [-0.25, -0.2) is 4.57 Å². The number of hydrogen-bond acceptors (Lipinski definition) is 3. The molecule has 0 spiro atoms. The van der Waals surface area contributed by atoms with Crippen molar-refractivity contribution in [1.82, 2.24) is 0 Å². The molecule has 0 aliphatic heterocycles. The van der Waals surface area contributed by atoms with Crippen LogP contribution in [-0.4, -0.2) is 5.78 Å². The molecular formula is C11H11N2OS+. The number of carbonyl (C=O) groups is 1. The first-order valence-electron chi connectivity index (χ1n) is 4.58. The van der Waals surface area contributed by atoms with Gasteiger partial charge in [-0.1, -0.05) is 41.7 Å². The van der Waals surface area contributed by atoms with Gasteiger partial charge in [0, 0.05) is 10.9 Å². The molecule has 0 aliphatic rings. The summed E-state index contributed by atoms with van der Waals surface area (Å²) in [7, 11) is 0. The minimum atomic E-state index is 0.0747. The van der Waals surface area contributed by atoms with E-state index in [9.17, 15) is 4.79 Å². The van der Waals surface area contributed by atoms with Crippen LogP contribution in [0.5, 0.6) is 0 Å². The van der Waals surface area contributed by atoms with E-state index >= 15 is 0 Å². The number of thiazole rings is 1. The van der Waals surface area contributed by atoms with E-state index in [0.717, 1.165) is 5.56 Å². The zero-order chi connectivity index (χ0) is 10.7. The van der Waals surface area contributed by atoms with Gasteiger partial charge in [0.05, 0.1) is 0 Å². The maximum Gasteiger partial charge on any atom is 0.332 e. The average molecular weight is 219 g/mol. The van der Waals surface area contributed by atoms with Gasteiger partial charge in [-0.05, 0) is 0 Å². The second kappa shape index (κ2) is 4.23. The normalized spacial score (nSPS) is 10.1. The molecule has 1 aromatic carbocycles. The van der Waals surface area contributed by atoms with Crippen LogP contribution in [0.3, 0.4) is 0 Å². The van der Waals surface area contributed by atoms with Crippen LogP contribution < -0.4 is 10.3 Å². The number of rotatable bonds is 3. The minimum Gasteiger partial charge on any atom is -0.290 e. The van der Waals surface area contributed by atoms with E-state index in [-0.39, 0.29) is 5.78 Å². The van der Waals surface area contributed by atoms with Crippen LogP contribution in [0.1, 0.15) is 10.4 Å². The quantitative estimate of drug-likeness (QED) is 0.628. The summed E-state index contributed by atoms with van der Waals surface area (Å²) in [6.07, 6.45) is 1.82. The summed E-state index contributed by atoms with van der Waals surface area (Å²) in [5, 5.41) is 2.52. The summed E-state index contributed by atoms with van der Waals surface area (Å²) in [4.78, 5) is 11.8. The van der Waals surface area contributed by atoms with Gasteiger partial charge in [0.2, 0.25) is 5.78 Å². The van der Waals surface area contributed by atoms with Crippen LogP contribution in [0.4, 0.5) is 5.13 Å². The number of benzene rings is 1. The highest BCUT2D eigenvalue weighted by atomic mass is 32.1. The van der Waals surface area contributed by atoms with Gasteiger partial charge >= 0.3 is 5.13 Å². The Bertz CT molecular complexity index is 464. The van der Waals surface area contributed by atoms with Crippen molar-refractivity contribution in [3.05, 3.63) is 47.5 Å². The number of anilines is 1. The fraction of sp³-hybridized carbons (Fsp3) is 0.0909. The van der Waals surface area contributed by atoms with Gasteiger partial charge in [-0.2, -0.15) is 0 Å². The zero-order valence-corrected chi connectivity index (χ0v) is 8.91. The molecule has 0 fully saturated rings. The number of nitrogen functional groups attached to an aromatic ring is 1. The molecule has 0 radical (unpaired) electrons. The minimum absolute atomic E-state index is 0.0747. The topological polar surface area (TPSA) is 47.0 Å². The molecule has 0 atom stereocenters. The molecule has 2 rings (SSSR count). The van der Waals surface area contributed by atoms with Gasteiger partial charge < -0.3 is 0 Å². The second-order valence-corrected chi connectivity index (χ2v) is 4.08. The Balaban J connectivity index is 2.15. The van der Waals surface area contributed by atoms with Gasteiger partial charge in [-0.3, -0.25) is 10.5 Å². The van der Waals surface area contributed by atoms with E-state index in [2.05, 4.69) is 0 Å². The van der Waals surface area contributed by atoms with E-state index in [1.54, 1.807) is 4.57 Å². The molecule has 76 valence electrons. The Labute approximate surface area is 91.8 Å². The lowest BCUT2D eigenvalue weighted by molar-refractivity contribution is -0.664. The maximum absolute atomic E-state index is 11.8. The van der Waals surface area contributed by atoms with Crippen molar-refractivity contribution in [2.24, 2.45) is 0 Å². The van der Waals surface area contributed by atoms with Gasteiger partial charge in [0.15, 0.2) is 6.54 Å². The summed E-state index contributed by atoms with van der Waals surface area (Å²) in [5.74, 6) is 0.0747. The third kappa shape index (κ3) is 2.22. The first-order valence-corrected chi connectivity index (χ1v) is 5.46. The Kier molecular flexibility index (Phi) is 2.78. The third-order valence-corrected chi connectivity index (χ3v) is 2.86. The van der Waals surface area contributed by atoms with Crippen molar-refractivity contribution < 1.29 is 9.36 Å². The highest BCUT2D eigenvalue weighted by Crippen LogP contribution is 2.05. The lowest BCUT2D eigenvalue weighted by Gasteiger charge is -1.98. The van der Waals surface area contributed by atoms with E-state index in [1.165, 1.54) is 11.3 Å². The van der Waals surface area contributed by atoms with Crippen molar-refractivity contribution in [2.75, 3.05) is 5.73 Å².